The van der Waals surface area contributed by atoms with Crippen molar-refractivity contribution in [3.05, 3.63) is 0 Å². The number of likely N-dealkylation sites (tertiary alicyclic amines) is 1. The van der Waals surface area contributed by atoms with Crippen LogP contribution in [0.1, 0.15) is 70.6 Å². The van der Waals surface area contributed by atoms with Crippen LogP contribution in [0.4, 0.5) is 0 Å². The number of carbonyl (C=O) groups is 2. The molecule has 0 saturated carbocycles. The van der Waals surface area contributed by atoms with Gasteiger partial charge in [-0.25, -0.2) is 0 Å². The van der Waals surface area contributed by atoms with Crippen molar-refractivity contribution in [2.75, 3.05) is 12.3 Å². The van der Waals surface area contributed by atoms with E-state index in [9.17, 15) is 9.59 Å². The number of imide groups is 1. The molecular weight excluding hydrogens is 258 g/mol. The lowest BCUT2D eigenvalue weighted by molar-refractivity contribution is -0.143. The summed E-state index contributed by atoms with van der Waals surface area (Å²) in [5.41, 5.74) is 0. The lowest BCUT2D eigenvalue weighted by atomic mass is 10.1. The van der Waals surface area contributed by atoms with Gasteiger partial charge in [0.05, 0.1) is 0 Å². The van der Waals surface area contributed by atoms with Crippen LogP contribution in [0.15, 0.2) is 0 Å². The summed E-state index contributed by atoms with van der Waals surface area (Å²) in [5, 5.41) is 0. The van der Waals surface area contributed by atoms with E-state index < -0.39 is 0 Å². The molecule has 0 unspecified atom stereocenters. The second-order valence-corrected chi connectivity index (χ2v) is 5.79. The molecule has 0 bridgehead atoms. The smallest absolute Gasteiger partial charge is 0.229 e. The Morgan fingerprint density at radius 2 is 1.26 bits per heavy atom. The Bertz CT molecular complexity index is 263. The van der Waals surface area contributed by atoms with Crippen LogP contribution in [0.25, 0.3) is 0 Å². The molecule has 19 heavy (non-hydrogen) atoms. The fourth-order valence-electron chi connectivity index (χ4n) is 2.48. The van der Waals surface area contributed by atoms with Gasteiger partial charge in [0.25, 0.3) is 0 Å². The zero-order valence-electron chi connectivity index (χ0n) is 11.9. The predicted octanol–water partition coefficient (Wildman–Crippen LogP) is 3.58. The van der Waals surface area contributed by atoms with Crippen LogP contribution in [0.3, 0.4) is 0 Å². The topological polar surface area (TPSA) is 37.4 Å². The van der Waals surface area contributed by atoms with Gasteiger partial charge < -0.3 is 0 Å². The minimum atomic E-state index is 0.0382. The molecule has 0 aromatic heterocycles. The Balaban J connectivity index is 2.07. The van der Waals surface area contributed by atoms with Crippen molar-refractivity contribution in [3.63, 3.8) is 0 Å². The van der Waals surface area contributed by atoms with E-state index in [1.54, 1.807) is 0 Å². The van der Waals surface area contributed by atoms with Crippen molar-refractivity contribution in [2.24, 2.45) is 0 Å². The summed E-state index contributed by atoms with van der Waals surface area (Å²) in [6.07, 6.45) is 11.2. The fraction of sp³-hybridized carbons (Fsp3) is 0.867. The van der Waals surface area contributed by atoms with E-state index >= 15 is 0 Å². The monoisotopic (exact) mass is 285 g/mol. The summed E-state index contributed by atoms with van der Waals surface area (Å²) in [7, 11) is 0. The molecule has 1 saturated heterocycles. The minimum absolute atomic E-state index is 0.0382. The Morgan fingerprint density at radius 1 is 0.789 bits per heavy atom. The number of hydrogen-bond acceptors (Lipinski definition) is 3. The number of hydrogen-bond donors (Lipinski definition) is 1. The van der Waals surface area contributed by atoms with Gasteiger partial charge in [0.15, 0.2) is 0 Å². The van der Waals surface area contributed by atoms with Gasteiger partial charge in [-0.3, -0.25) is 14.5 Å². The van der Waals surface area contributed by atoms with Gasteiger partial charge in [0, 0.05) is 19.4 Å². The molecule has 0 N–H and O–H groups in total. The molecule has 0 atom stereocenters. The Labute approximate surface area is 122 Å². The molecule has 1 aliphatic rings. The van der Waals surface area contributed by atoms with Gasteiger partial charge in [-0.1, -0.05) is 32.1 Å². The molecule has 4 heteroatoms. The Morgan fingerprint density at radius 3 is 1.79 bits per heavy atom. The number of carbonyl (C=O) groups excluding carboxylic acids is 2. The number of amides is 2. The predicted molar refractivity (Wildman–Crippen MR) is 81.4 cm³/mol. The van der Waals surface area contributed by atoms with E-state index in [4.69, 9.17) is 0 Å². The van der Waals surface area contributed by atoms with Crippen LogP contribution in [0.5, 0.6) is 0 Å². The average Bonchev–Trinajstić information content (AvgIpc) is 2.56. The highest BCUT2D eigenvalue weighted by atomic mass is 32.1. The van der Waals surface area contributed by atoms with E-state index in [0.29, 0.717) is 19.4 Å². The van der Waals surface area contributed by atoms with Crippen molar-refractivity contribution < 1.29 is 9.59 Å². The highest BCUT2D eigenvalue weighted by Gasteiger charge is 2.22. The average molecular weight is 285 g/mol. The maximum Gasteiger partial charge on any atom is 0.229 e. The second-order valence-electron chi connectivity index (χ2n) is 5.34. The third-order valence-corrected chi connectivity index (χ3v) is 3.99. The summed E-state index contributed by atoms with van der Waals surface area (Å²) in [6.45, 7) is 0.633. The highest BCUT2D eigenvalue weighted by molar-refractivity contribution is 7.80. The van der Waals surface area contributed by atoms with Crippen molar-refractivity contribution in [1.82, 2.24) is 4.90 Å². The van der Waals surface area contributed by atoms with Gasteiger partial charge in [0.1, 0.15) is 0 Å². The zero-order chi connectivity index (χ0) is 13.9. The van der Waals surface area contributed by atoms with Crippen molar-refractivity contribution >= 4 is 24.4 Å². The maximum absolute atomic E-state index is 11.8. The van der Waals surface area contributed by atoms with Crippen LogP contribution < -0.4 is 0 Å². The second kappa shape index (κ2) is 10.3. The van der Waals surface area contributed by atoms with Gasteiger partial charge in [0.2, 0.25) is 11.8 Å². The van der Waals surface area contributed by atoms with E-state index in [2.05, 4.69) is 12.6 Å². The Hall–Kier alpha value is -0.510. The molecule has 1 aliphatic heterocycles. The Kier molecular flexibility index (Phi) is 8.97. The largest absolute Gasteiger partial charge is 0.283 e. The van der Waals surface area contributed by atoms with Gasteiger partial charge in [-0.05, 0) is 31.4 Å². The number of thiol groups is 1. The number of unbranched alkanes of at least 4 members (excludes halogenated alkanes) is 6. The van der Waals surface area contributed by atoms with Crippen molar-refractivity contribution in [1.29, 1.82) is 0 Å². The zero-order valence-corrected chi connectivity index (χ0v) is 12.8. The van der Waals surface area contributed by atoms with Crippen LogP contribution >= 0.6 is 12.6 Å². The molecule has 110 valence electrons. The molecule has 1 heterocycles. The van der Waals surface area contributed by atoms with Crippen LogP contribution in [-0.4, -0.2) is 29.0 Å². The first kappa shape index (κ1) is 16.5. The molecule has 2 amide bonds. The molecule has 0 aromatic carbocycles. The molecule has 1 rings (SSSR count). The third kappa shape index (κ3) is 7.00. The molecule has 1 fully saturated rings. The molecule has 0 spiro atoms. The van der Waals surface area contributed by atoms with E-state index in [1.165, 1.54) is 37.0 Å². The normalized spacial score (nSPS) is 16.8. The summed E-state index contributed by atoms with van der Waals surface area (Å²) in [6, 6.07) is 0. The third-order valence-electron chi connectivity index (χ3n) is 3.67. The van der Waals surface area contributed by atoms with E-state index in [-0.39, 0.29) is 11.8 Å². The standard InChI is InChI=1S/C15H27NO2S/c17-14-10-6-7-11-15(18)16(14)12-8-4-2-1-3-5-9-13-19/h19H,1-13H2. The summed E-state index contributed by atoms with van der Waals surface area (Å²) in [5.74, 6) is 1.06. The molecule has 0 aromatic rings. The first-order valence-corrected chi connectivity index (χ1v) is 8.33. The fourth-order valence-corrected chi connectivity index (χ4v) is 2.70. The van der Waals surface area contributed by atoms with Crippen molar-refractivity contribution in [2.45, 2.75) is 70.6 Å². The summed E-state index contributed by atoms with van der Waals surface area (Å²) in [4.78, 5) is 25.0. The highest BCUT2D eigenvalue weighted by Crippen LogP contribution is 2.14. The minimum Gasteiger partial charge on any atom is -0.283 e. The summed E-state index contributed by atoms with van der Waals surface area (Å²) >= 11 is 4.19. The molecule has 0 radical (unpaired) electrons. The molecule has 0 aliphatic carbocycles. The van der Waals surface area contributed by atoms with Gasteiger partial charge in [-0.2, -0.15) is 12.6 Å². The number of nitrogens with zero attached hydrogens (tertiary/aromatic N) is 1. The van der Waals surface area contributed by atoms with E-state index in [1.807, 2.05) is 0 Å². The van der Waals surface area contributed by atoms with Crippen LogP contribution in [-0.2, 0) is 9.59 Å². The summed E-state index contributed by atoms with van der Waals surface area (Å²) < 4.78 is 0. The lowest BCUT2D eigenvalue weighted by Gasteiger charge is -2.18. The first-order valence-electron chi connectivity index (χ1n) is 7.70. The first-order chi connectivity index (χ1) is 9.25. The van der Waals surface area contributed by atoms with Crippen LogP contribution in [0, 0.1) is 0 Å². The molecular formula is C15H27NO2S. The quantitative estimate of drug-likeness (QED) is 0.399. The van der Waals surface area contributed by atoms with Gasteiger partial charge >= 0.3 is 0 Å². The number of rotatable bonds is 9. The molecule has 3 nitrogen and oxygen atoms in total. The van der Waals surface area contributed by atoms with E-state index in [0.717, 1.165) is 31.4 Å². The maximum atomic E-state index is 11.8. The van der Waals surface area contributed by atoms with Crippen molar-refractivity contribution in [3.8, 4) is 0 Å². The SMILES string of the molecule is O=C1CCCCC(=O)N1CCCCCCCCCS. The van der Waals surface area contributed by atoms with Crippen LogP contribution in [0.2, 0.25) is 0 Å². The lowest BCUT2D eigenvalue weighted by Crippen LogP contribution is -2.35. The van der Waals surface area contributed by atoms with Gasteiger partial charge in [-0.15, -0.1) is 0 Å².